The Labute approximate surface area is 183 Å². The second-order valence-electron chi connectivity index (χ2n) is 9.02. The molecule has 30 heavy (non-hydrogen) atoms. The molecule has 6 heteroatoms. The lowest BCUT2D eigenvalue weighted by molar-refractivity contribution is -0.0574. The summed E-state index contributed by atoms with van der Waals surface area (Å²) in [5.74, 6) is 0.204. The van der Waals surface area contributed by atoms with E-state index in [-0.39, 0.29) is 5.78 Å². The predicted octanol–water partition coefficient (Wildman–Crippen LogP) is 4.00. The van der Waals surface area contributed by atoms with Crippen LogP contribution in [0.1, 0.15) is 63.8 Å². The number of nitrogens with zero attached hydrogens (tertiary/aromatic N) is 3. The third-order valence-electron chi connectivity index (χ3n) is 6.68. The molecule has 0 aromatic carbocycles. The maximum atomic E-state index is 12.7. The van der Waals surface area contributed by atoms with E-state index in [1.807, 2.05) is 31.5 Å². The quantitative estimate of drug-likeness (QED) is 0.706. The highest BCUT2D eigenvalue weighted by molar-refractivity contribution is 7.12. The minimum Gasteiger partial charge on any atom is -0.388 e. The third kappa shape index (κ3) is 4.99. The Morgan fingerprint density at radius 3 is 2.73 bits per heavy atom. The number of β-amino-alcohol motifs (C(OH)–C–C–N with tert-alkyl or cyclic N) is 1. The maximum Gasteiger partial charge on any atom is 0.177 e. The summed E-state index contributed by atoms with van der Waals surface area (Å²) in [6.07, 6.45) is 8.77. The van der Waals surface area contributed by atoms with E-state index in [0.717, 1.165) is 49.3 Å². The molecule has 0 unspecified atom stereocenters. The van der Waals surface area contributed by atoms with Crippen LogP contribution in [0.4, 0.5) is 0 Å². The first-order valence-corrected chi connectivity index (χ1v) is 11.9. The molecule has 1 atom stereocenters. The highest BCUT2D eigenvalue weighted by atomic mass is 32.1. The number of pyridine rings is 1. The number of Topliss-reactive ketones (excluding diaryl/α,β-unsaturated/α-hetero) is 1. The van der Waals surface area contributed by atoms with Crippen molar-refractivity contribution in [3.05, 3.63) is 51.5 Å². The van der Waals surface area contributed by atoms with Gasteiger partial charge in [0, 0.05) is 53.4 Å². The predicted molar refractivity (Wildman–Crippen MR) is 121 cm³/mol. The molecule has 2 aliphatic rings. The summed E-state index contributed by atoms with van der Waals surface area (Å²) in [6, 6.07) is 6.52. The van der Waals surface area contributed by atoms with Crippen LogP contribution in [0.15, 0.2) is 30.6 Å². The van der Waals surface area contributed by atoms with Gasteiger partial charge in [0.2, 0.25) is 0 Å². The standard InChI is InChI=1S/C24H33N3O2S/c1-18-14-21(19(2)30-18)23(28)16-26-12-8-24(29,9-13-26)17-27-11-4-3-7-22(27)20-6-5-10-25-15-20/h5-6,10,14-15,22,29H,3-4,7-9,11-13,16-17H2,1-2H3/t22-/m0/s1. The molecule has 2 saturated heterocycles. The molecule has 2 aromatic rings. The van der Waals surface area contributed by atoms with Crippen molar-refractivity contribution in [2.45, 2.75) is 57.6 Å². The number of rotatable bonds is 6. The molecule has 5 nitrogen and oxygen atoms in total. The van der Waals surface area contributed by atoms with Gasteiger partial charge in [-0.2, -0.15) is 0 Å². The normalized spacial score (nSPS) is 22.8. The number of hydrogen-bond acceptors (Lipinski definition) is 6. The van der Waals surface area contributed by atoms with Crippen LogP contribution in [-0.4, -0.2) is 64.0 Å². The molecule has 4 rings (SSSR count). The van der Waals surface area contributed by atoms with Crippen LogP contribution in [0.3, 0.4) is 0 Å². The molecule has 0 spiro atoms. The topological polar surface area (TPSA) is 56.7 Å². The minimum absolute atomic E-state index is 0.204. The lowest BCUT2D eigenvalue weighted by Gasteiger charge is -2.44. The van der Waals surface area contributed by atoms with Crippen molar-refractivity contribution in [2.75, 3.05) is 32.7 Å². The fraction of sp³-hybridized carbons (Fsp3) is 0.583. The highest BCUT2D eigenvalue weighted by Crippen LogP contribution is 2.34. The number of hydrogen-bond donors (Lipinski definition) is 1. The Kier molecular flexibility index (Phi) is 6.68. The zero-order valence-electron chi connectivity index (χ0n) is 18.1. The molecule has 2 fully saturated rings. The fourth-order valence-corrected chi connectivity index (χ4v) is 5.93. The number of ketones is 1. The Morgan fingerprint density at radius 1 is 1.27 bits per heavy atom. The van der Waals surface area contributed by atoms with E-state index in [4.69, 9.17) is 0 Å². The molecule has 0 saturated carbocycles. The largest absolute Gasteiger partial charge is 0.388 e. The Morgan fingerprint density at radius 2 is 2.07 bits per heavy atom. The second-order valence-corrected chi connectivity index (χ2v) is 10.5. The molecule has 162 valence electrons. The second kappa shape index (κ2) is 9.27. The maximum absolute atomic E-state index is 12.7. The number of aryl methyl sites for hydroxylation is 2. The molecule has 0 bridgehead atoms. The van der Waals surface area contributed by atoms with Crippen molar-refractivity contribution >= 4 is 17.1 Å². The van der Waals surface area contributed by atoms with Gasteiger partial charge in [0.1, 0.15) is 0 Å². The van der Waals surface area contributed by atoms with Crippen molar-refractivity contribution < 1.29 is 9.90 Å². The van der Waals surface area contributed by atoms with E-state index in [1.54, 1.807) is 11.3 Å². The van der Waals surface area contributed by atoms with Crippen molar-refractivity contribution in [3.8, 4) is 0 Å². The molecular formula is C24H33N3O2S. The van der Waals surface area contributed by atoms with Crippen LogP contribution in [0, 0.1) is 13.8 Å². The highest BCUT2D eigenvalue weighted by Gasteiger charge is 2.37. The molecule has 0 amide bonds. The third-order valence-corrected chi connectivity index (χ3v) is 7.64. The van der Waals surface area contributed by atoms with E-state index in [0.29, 0.717) is 19.1 Å². The summed E-state index contributed by atoms with van der Waals surface area (Å²) in [5, 5.41) is 11.3. The van der Waals surface area contributed by atoms with Gasteiger partial charge in [-0.3, -0.25) is 19.6 Å². The molecule has 0 radical (unpaired) electrons. The van der Waals surface area contributed by atoms with Gasteiger partial charge in [-0.1, -0.05) is 12.5 Å². The summed E-state index contributed by atoms with van der Waals surface area (Å²) in [7, 11) is 0. The molecule has 0 aliphatic carbocycles. The summed E-state index contributed by atoms with van der Waals surface area (Å²) < 4.78 is 0. The van der Waals surface area contributed by atoms with Gasteiger partial charge in [-0.05, 0) is 63.8 Å². The van der Waals surface area contributed by atoms with Crippen molar-refractivity contribution in [1.29, 1.82) is 0 Å². The van der Waals surface area contributed by atoms with Crippen LogP contribution in [-0.2, 0) is 0 Å². The van der Waals surface area contributed by atoms with Crippen molar-refractivity contribution in [1.82, 2.24) is 14.8 Å². The monoisotopic (exact) mass is 427 g/mol. The van der Waals surface area contributed by atoms with Crippen LogP contribution in [0.25, 0.3) is 0 Å². The number of carbonyl (C=O) groups is 1. The summed E-state index contributed by atoms with van der Waals surface area (Å²) in [4.78, 5) is 24.0. The van der Waals surface area contributed by atoms with Crippen LogP contribution >= 0.6 is 11.3 Å². The number of piperidine rings is 2. The first kappa shape index (κ1) is 21.6. The van der Waals surface area contributed by atoms with Gasteiger partial charge < -0.3 is 5.11 Å². The first-order chi connectivity index (χ1) is 14.4. The van der Waals surface area contributed by atoms with E-state index >= 15 is 0 Å². The summed E-state index contributed by atoms with van der Waals surface area (Å²) >= 11 is 1.69. The van der Waals surface area contributed by atoms with Crippen molar-refractivity contribution in [2.24, 2.45) is 0 Å². The fourth-order valence-electron chi connectivity index (χ4n) is 4.99. The molecule has 2 aliphatic heterocycles. The number of carbonyl (C=O) groups excluding carboxylic acids is 1. The smallest absolute Gasteiger partial charge is 0.177 e. The Balaban J connectivity index is 1.34. The van der Waals surface area contributed by atoms with Gasteiger partial charge in [0.15, 0.2) is 5.78 Å². The van der Waals surface area contributed by atoms with E-state index in [9.17, 15) is 9.90 Å². The number of thiophene rings is 1. The molecule has 1 N–H and O–H groups in total. The lowest BCUT2D eigenvalue weighted by atomic mass is 9.88. The SMILES string of the molecule is Cc1cc(C(=O)CN2CCC(O)(CN3CCCC[C@H]3c3cccnc3)CC2)c(C)s1. The molecular weight excluding hydrogens is 394 g/mol. The van der Waals surface area contributed by atoms with Gasteiger partial charge in [-0.25, -0.2) is 0 Å². The molecule has 2 aromatic heterocycles. The summed E-state index contributed by atoms with van der Waals surface area (Å²) in [6.45, 7) is 7.81. The Bertz CT molecular complexity index is 859. The van der Waals surface area contributed by atoms with Gasteiger partial charge in [-0.15, -0.1) is 11.3 Å². The first-order valence-electron chi connectivity index (χ1n) is 11.1. The molecule has 4 heterocycles. The van der Waals surface area contributed by atoms with E-state index in [1.165, 1.54) is 23.3 Å². The number of aliphatic hydroxyl groups is 1. The van der Waals surface area contributed by atoms with Gasteiger partial charge >= 0.3 is 0 Å². The van der Waals surface area contributed by atoms with Crippen LogP contribution in [0.2, 0.25) is 0 Å². The van der Waals surface area contributed by atoms with Crippen LogP contribution in [0.5, 0.6) is 0 Å². The zero-order valence-corrected chi connectivity index (χ0v) is 19.0. The van der Waals surface area contributed by atoms with E-state index in [2.05, 4.69) is 27.8 Å². The average Bonchev–Trinajstić information content (AvgIpc) is 3.09. The average molecular weight is 428 g/mol. The van der Waals surface area contributed by atoms with Crippen LogP contribution < -0.4 is 0 Å². The van der Waals surface area contributed by atoms with E-state index < -0.39 is 5.60 Å². The Hall–Kier alpha value is -1.60. The van der Waals surface area contributed by atoms with Crippen molar-refractivity contribution in [3.63, 3.8) is 0 Å². The van der Waals surface area contributed by atoms with Gasteiger partial charge in [0.05, 0.1) is 12.1 Å². The van der Waals surface area contributed by atoms with Gasteiger partial charge in [0.25, 0.3) is 0 Å². The minimum atomic E-state index is -0.674. The number of likely N-dealkylation sites (tertiary alicyclic amines) is 2. The summed E-state index contributed by atoms with van der Waals surface area (Å²) in [5.41, 5.74) is 1.45. The zero-order chi connectivity index (χ0) is 21.1. The lowest BCUT2D eigenvalue weighted by Crippen LogP contribution is -2.53. The number of aromatic nitrogens is 1.